The van der Waals surface area contributed by atoms with Gasteiger partial charge in [-0.3, -0.25) is 4.79 Å². The number of carbonyl (C=O) groups excluding carboxylic acids is 1. The van der Waals surface area contributed by atoms with E-state index in [0.717, 1.165) is 19.0 Å². The van der Waals surface area contributed by atoms with Crippen LogP contribution in [0.2, 0.25) is 0 Å². The van der Waals surface area contributed by atoms with Gasteiger partial charge in [-0.25, -0.2) is 0 Å². The molecule has 0 radical (unpaired) electrons. The third-order valence-corrected chi connectivity index (χ3v) is 3.05. The molecule has 3 heteroatoms. The Morgan fingerprint density at radius 1 is 1.50 bits per heavy atom. The molecule has 2 unspecified atom stereocenters. The fourth-order valence-corrected chi connectivity index (χ4v) is 1.50. The van der Waals surface area contributed by atoms with Gasteiger partial charge in [0.2, 0.25) is 5.91 Å². The monoisotopic (exact) mass is 198 g/mol. The van der Waals surface area contributed by atoms with Crippen LogP contribution >= 0.6 is 0 Å². The van der Waals surface area contributed by atoms with Crippen LogP contribution in [0.5, 0.6) is 0 Å². The minimum absolute atomic E-state index is 0.0456. The van der Waals surface area contributed by atoms with E-state index in [-0.39, 0.29) is 17.9 Å². The van der Waals surface area contributed by atoms with Gasteiger partial charge in [0, 0.05) is 19.1 Å². The topological polar surface area (TPSA) is 46.3 Å². The molecule has 1 aliphatic rings. The largest absolute Gasteiger partial charge is 0.342 e. The Hall–Kier alpha value is -0.570. The lowest BCUT2D eigenvalue weighted by atomic mass is 10.0. The Kier molecular flexibility index (Phi) is 3.93. The van der Waals surface area contributed by atoms with Crippen molar-refractivity contribution in [1.82, 2.24) is 4.90 Å². The number of nitrogens with zero attached hydrogens (tertiary/aromatic N) is 1. The molecule has 2 atom stereocenters. The molecule has 1 fully saturated rings. The fourth-order valence-electron chi connectivity index (χ4n) is 1.50. The first-order valence-electron chi connectivity index (χ1n) is 5.60. The normalized spacial score (nSPS) is 20.3. The highest BCUT2D eigenvalue weighted by molar-refractivity contribution is 5.79. The molecule has 0 aromatic carbocycles. The van der Waals surface area contributed by atoms with E-state index in [1.165, 1.54) is 12.8 Å². The molecular formula is C11H22N2O. The van der Waals surface area contributed by atoms with Crippen molar-refractivity contribution in [3.8, 4) is 0 Å². The average molecular weight is 198 g/mol. The maximum Gasteiger partial charge on any atom is 0.226 e. The lowest BCUT2D eigenvalue weighted by molar-refractivity contribution is -0.135. The zero-order valence-corrected chi connectivity index (χ0v) is 9.49. The molecule has 1 rings (SSSR count). The third kappa shape index (κ3) is 2.98. The summed E-state index contributed by atoms with van der Waals surface area (Å²) in [5.41, 5.74) is 5.73. The van der Waals surface area contributed by atoms with Crippen LogP contribution in [-0.2, 0) is 4.79 Å². The zero-order valence-electron chi connectivity index (χ0n) is 9.49. The Morgan fingerprint density at radius 3 is 2.43 bits per heavy atom. The number of nitrogens with two attached hydrogens (primary N) is 1. The number of hydrogen-bond acceptors (Lipinski definition) is 2. The summed E-state index contributed by atoms with van der Waals surface area (Å²) in [6.45, 7) is 7.60. The molecule has 1 amide bonds. The highest BCUT2D eigenvalue weighted by Gasteiger charge is 2.28. The summed E-state index contributed by atoms with van der Waals surface area (Å²) in [7, 11) is 0. The van der Waals surface area contributed by atoms with Crippen molar-refractivity contribution in [2.45, 2.75) is 39.7 Å². The van der Waals surface area contributed by atoms with Crippen LogP contribution in [0.1, 0.15) is 33.6 Å². The van der Waals surface area contributed by atoms with Crippen LogP contribution in [0, 0.1) is 11.8 Å². The molecule has 3 nitrogen and oxygen atoms in total. The van der Waals surface area contributed by atoms with Crippen LogP contribution in [0.3, 0.4) is 0 Å². The average Bonchev–Trinajstić information content (AvgIpc) is 2.95. The van der Waals surface area contributed by atoms with E-state index in [4.69, 9.17) is 5.73 Å². The molecule has 1 saturated carbocycles. The molecule has 82 valence electrons. The third-order valence-electron chi connectivity index (χ3n) is 3.05. The quantitative estimate of drug-likeness (QED) is 0.722. The molecule has 0 heterocycles. The maximum atomic E-state index is 11.9. The lowest BCUT2D eigenvalue weighted by Gasteiger charge is -2.26. The predicted molar refractivity (Wildman–Crippen MR) is 57.8 cm³/mol. The van der Waals surface area contributed by atoms with Gasteiger partial charge in [-0.05, 0) is 32.6 Å². The molecule has 0 aliphatic heterocycles. The summed E-state index contributed by atoms with van der Waals surface area (Å²) >= 11 is 0. The lowest BCUT2D eigenvalue weighted by Crippen LogP contribution is -2.42. The fraction of sp³-hybridized carbons (Fsp3) is 0.909. The van der Waals surface area contributed by atoms with Crippen LogP contribution in [0.15, 0.2) is 0 Å². The summed E-state index contributed by atoms with van der Waals surface area (Å²) < 4.78 is 0. The van der Waals surface area contributed by atoms with Crippen molar-refractivity contribution in [2.24, 2.45) is 17.6 Å². The number of rotatable bonds is 5. The van der Waals surface area contributed by atoms with E-state index in [1.54, 1.807) is 0 Å². The van der Waals surface area contributed by atoms with Crippen molar-refractivity contribution < 1.29 is 4.79 Å². The highest BCUT2D eigenvalue weighted by Crippen LogP contribution is 2.30. The van der Waals surface area contributed by atoms with Crippen molar-refractivity contribution in [3.63, 3.8) is 0 Å². The van der Waals surface area contributed by atoms with Gasteiger partial charge >= 0.3 is 0 Å². The molecule has 0 bridgehead atoms. The number of hydrogen-bond donors (Lipinski definition) is 1. The Balaban J connectivity index is 2.45. The van der Waals surface area contributed by atoms with Crippen LogP contribution in [0.4, 0.5) is 0 Å². The van der Waals surface area contributed by atoms with Crippen molar-refractivity contribution in [3.05, 3.63) is 0 Å². The Labute approximate surface area is 86.6 Å². The molecule has 1 aliphatic carbocycles. The second-order valence-electron chi connectivity index (χ2n) is 4.47. The van der Waals surface area contributed by atoms with Gasteiger partial charge in [0.1, 0.15) is 0 Å². The van der Waals surface area contributed by atoms with Gasteiger partial charge in [0.15, 0.2) is 0 Å². The first-order chi connectivity index (χ1) is 6.56. The molecule has 2 N–H and O–H groups in total. The van der Waals surface area contributed by atoms with Gasteiger partial charge in [-0.2, -0.15) is 0 Å². The standard InChI is InChI=1S/C11H22N2O/c1-4-13(7-10-5-6-10)11(14)8(2)9(3)12/h8-10H,4-7,12H2,1-3H3. The van der Waals surface area contributed by atoms with Gasteiger partial charge < -0.3 is 10.6 Å². The minimum Gasteiger partial charge on any atom is -0.342 e. The van der Waals surface area contributed by atoms with Crippen LogP contribution in [0.25, 0.3) is 0 Å². The second kappa shape index (κ2) is 4.78. The minimum atomic E-state index is -0.0475. The number of carbonyl (C=O) groups is 1. The molecular weight excluding hydrogens is 176 g/mol. The van der Waals surface area contributed by atoms with Gasteiger partial charge in [-0.1, -0.05) is 6.92 Å². The van der Waals surface area contributed by atoms with E-state index in [2.05, 4.69) is 0 Å². The summed E-state index contributed by atoms with van der Waals surface area (Å²) in [5.74, 6) is 0.933. The van der Waals surface area contributed by atoms with Crippen molar-refractivity contribution in [2.75, 3.05) is 13.1 Å². The Bertz CT molecular complexity index is 199. The van der Waals surface area contributed by atoms with Gasteiger partial charge in [0.25, 0.3) is 0 Å². The highest BCUT2D eigenvalue weighted by atomic mass is 16.2. The summed E-state index contributed by atoms with van der Waals surface area (Å²) in [6.07, 6.45) is 2.58. The van der Waals surface area contributed by atoms with E-state index >= 15 is 0 Å². The zero-order chi connectivity index (χ0) is 10.7. The molecule has 0 aromatic rings. The summed E-state index contributed by atoms with van der Waals surface area (Å²) in [4.78, 5) is 13.9. The van der Waals surface area contributed by atoms with E-state index < -0.39 is 0 Å². The predicted octanol–water partition coefficient (Wildman–Crippen LogP) is 1.23. The smallest absolute Gasteiger partial charge is 0.226 e. The van der Waals surface area contributed by atoms with Crippen LogP contribution in [-0.4, -0.2) is 29.9 Å². The van der Waals surface area contributed by atoms with E-state index in [1.807, 2.05) is 25.7 Å². The molecule has 0 aromatic heterocycles. The SMILES string of the molecule is CCN(CC1CC1)C(=O)C(C)C(C)N. The molecule has 0 spiro atoms. The van der Waals surface area contributed by atoms with Gasteiger partial charge in [-0.15, -0.1) is 0 Å². The van der Waals surface area contributed by atoms with Crippen molar-refractivity contribution in [1.29, 1.82) is 0 Å². The summed E-state index contributed by atoms with van der Waals surface area (Å²) in [5, 5.41) is 0. The molecule has 0 saturated heterocycles. The van der Waals surface area contributed by atoms with Crippen molar-refractivity contribution >= 4 is 5.91 Å². The first kappa shape index (κ1) is 11.5. The summed E-state index contributed by atoms with van der Waals surface area (Å²) in [6, 6.07) is -0.0456. The van der Waals surface area contributed by atoms with E-state index in [9.17, 15) is 4.79 Å². The Morgan fingerprint density at radius 2 is 2.07 bits per heavy atom. The molecule has 14 heavy (non-hydrogen) atoms. The van der Waals surface area contributed by atoms with Crippen LogP contribution < -0.4 is 5.73 Å². The van der Waals surface area contributed by atoms with Gasteiger partial charge in [0.05, 0.1) is 5.92 Å². The number of amides is 1. The second-order valence-corrected chi connectivity index (χ2v) is 4.47. The maximum absolute atomic E-state index is 11.9. The van der Waals surface area contributed by atoms with E-state index in [0.29, 0.717) is 0 Å². The first-order valence-corrected chi connectivity index (χ1v) is 5.60.